The highest BCUT2D eigenvalue weighted by molar-refractivity contribution is 6.51. The maximum Gasteiger partial charge on any atom is 0.300 e. The van der Waals surface area contributed by atoms with Crippen LogP contribution in [0.25, 0.3) is 5.76 Å². The predicted molar refractivity (Wildman–Crippen MR) is 139 cm³/mol. The number of aryl methyl sites for hydroxylation is 1. The Morgan fingerprint density at radius 2 is 1.66 bits per heavy atom. The zero-order valence-electron chi connectivity index (χ0n) is 20.6. The number of rotatable bonds is 6. The number of hydrogen-bond acceptors (Lipinski definition) is 5. The van der Waals surface area contributed by atoms with E-state index in [1.807, 2.05) is 88.3 Å². The molecule has 0 bridgehead atoms. The molecule has 0 saturated carbocycles. The molecule has 1 saturated heterocycles. The van der Waals surface area contributed by atoms with Gasteiger partial charge in [-0.25, -0.2) is 0 Å². The third kappa shape index (κ3) is 4.64. The number of nitrogens with zero attached hydrogens (tertiary/aromatic N) is 2. The number of ether oxygens (including phenoxy) is 1. The Labute approximate surface area is 206 Å². The molecule has 0 aromatic heterocycles. The lowest BCUT2D eigenvalue weighted by molar-refractivity contribution is -0.132. The Kier molecular flexibility index (Phi) is 6.65. The lowest BCUT2D eigenvalue weighted by Gasteiger charge is -2.27. The van der Waals surface area contributed by atoms with Crippen molar-refractivity contribution in [1.29, 1.82) is 0 Å². The van der Waals surface area contributed by atoms with Crippen LogP contribution in [0.5, 0.6) is 5.75 Å². The van der Waals surface area contributed by atoms with E-state index in [0.29, 0.717) is 17.0 Å². The van der Waals surface area contributed by atoms with Crippen LogP contribution in [0, 0.1) is 6.92 Å². The summed E-state index contributed by atoms with van der Waals surface area (Å²) in [7, 11) is 3.89. The van der Waals surface area contributed by atoms with Crippen molar-refractivity contribution in [2.24, 2.45) is 0 Å². The smallest absolute Gasteiger partial charge is 0.300 e. The van der Waals surface area contributed by atoms with Gasteiger partial charge in [0.1, 0.15) is 11.5 Å². The maximum absolute atomic E-state index is 13.4. The van der Waals surface area contributed by atoms with Crippen molar-refractivity contribution in [3.63, 3.8) is 0 Å². The van der Waals surface area contributed by atoms with Gasteiger partial charge in [-0.2, -0.15) is 0 Å². The average molecular weight is 471 g/mol. The first-order valence-corrected chi connectivity index (χ1v) is 11.6. The Morgan fingerprint density at radius 1 is 0.971 bits per heavy atom. The summed E-state index contributed by atoms with van der Waals surface area (Å²) in [5.74, 6) is -1.04. The monoisotopic (exact) mass is 470 g/mol. The number of anilines is 2. The molecule has 0 aliphatic carbocycles. The highest BCUT2D eigenvalue weighted by Crippen LogP contribution is 2.43. The van der Waals surface area contributed by atoms with Crippen molar-refractivity contribution in [2.45, 2.75) is 32.9 Å². The van der Waals surface area contributed by atoms with E-state index in [1.165, 1.54) is 4.90 Å². The number of Topliss-reactive ketones (excluding diaryl/α,β-unsaturated/α-hetero) is 1. The molecule has 1 heterocycles. The van der Waals surface area contributed by atoms with Gasteiger partial charge < -0.3 is 14.7 Å². The molecule has 1 unspecified atom stereocenters. The molecule has 35 heavy (non-hydrogen) atoms. The highest BCUT2D eigenvalue weighted by atomic mass is 16.5. The standard InChI is InChI=1S/C29H30N2O4/c1-18(2)35-23-11-8-10-21(17-23)27(32)25-26(20-13-15-22(16-14-20)30(4)5)31(29(34)28(25)33)24-12-7-6-9-19(24)3/h6-18,26,32H,1-5H3/b27-25-. The van der Waals surface area contributed by atoms with Crippen molar-refractivity contribution >= 4 is 28.8 Å². The Morgan fingerprint density at radius 3 is 2.29 bits per heavy atom. The van der Waals surface area contributed by atoms with Gasteiger partial charge in [-0.15, -0.1) is 0 Å². The molecule has 6 nitrogen and oxygen atoms in total. The van der Waals surface area contributed by atoms with Crippen LogP contribution < -0.4 is 14.5 Å². The lowest BCUT2D eigenvalue weighted by atomic mass is 9.94. The van der Waals surface area contributed by atoms with Gasteiger partial charge in [0.2, 0.25) is 0 Å². The lowest BCUT2D eigenvalue weighted by Crippen LogP contribution is -2.30. The molecule has 1 amide bonds. The molecular formula is C29H30N2O4. The van der Waals surface area contributed by atoms with Crippen molar-refractivity contribution < 1.29 is 19.4 Å². The number of carbonyl (C=O) groups is 2. The summed E-state index contributed by atoms with van der Waals surface area (Å²) < 4.78 is 5.77. The largest absolute Gasteiger partial charge is 0.507 e. The summed E-state index contributed by atoms with van der Waals surface area (Å²) in [4.78, 5) is 30.2. The Hall–Kier alpha value is -4.06. The molecular weight excluding hydrogens is 440 g/mol. The second-order valence-electron chi connectivity index (χ2n) is 9.14. The van der Waals surface area contributed by atoms with Gasteiger partial charge in [0.15, 0.2) is 0 Å². The molecule has 1 aliphatic rings. The second-order valence-corrected chi connectivity index (χ2v) is 9.14. The minimum absolute atomic E-state index is 0.0470. The van der Waals surface area contributed by atoms with Crippen molar-refractivity contribution in [1.82, 2.24) is 0 Å². The minimum atomic E-state index is -0.776. The van der Waals surface area contributed by atoms with Gasteiger partial charge in [0.05, 0.1) is 17.7 Å². The number of ketones is 1. The van der Waals surface area contributed by atoms with Crippen molar-refractivity contribution in [2.75, 3.05) is 23.9 Å². The normalized spacial score (nSPS) is 17.2. The van der Waals surface area contributed by atoms with Crippen LogP contribution in [0.1, 0.15) is 36.6 Å². The molecule has 3 aromatic carbocycles. The first-order chi connectivity index (χ1) is 16.7. The maximum atomic E-state index is 13.4. The number of benzene rings is 3. The molecule has 6 heteroatoms. The fourth-order valence-electron chi connectivity index (χ4n) is 4.33. The summed E-state index contributed by atoms with van der Waals surface area (Å²) >= 11 is 0. The molecule has 1 N–H and O–H groups in total. The number of amides is 1. The number of carbonyl (C=O) groups excluding carboxylic acids is 2. The average Bonchev–Trinajstić information content (AvgIpc) is 3.09. The summed E-state index contributed by atoms with van der Waals surface area (Å²) in [6.45, 7) is 5.73. The third-order valence-corrected chi connectivity index (χ3v) is 6.02. The third-order valence-electron chi connectivity index (χ3n) is 6.02. The summed E-state index contributed by atoms with van der Waals surface area (Å²) in [5.41, 5.74) is 3.68. The molecule has 0 spiro atoms. The zero-order valence-corrected chi connectivity index (χ0v) is 20.6. The zero-order chi connectivity index (χ0) is 25.3. The number of aliphatic hydroxyl groups excluding tert-OH is 1. The van der Waals surface area contributed by atoms with E-state index >= 15 is 0 Å². The van der Waals surface area contributed by atoms with Crippen LogP contribution in [-0.4, -0.2) is 37.0 Å². The molecule has 0 radical (unpaired) electrons. The van der Waals surface area contributed by atoms with Gasteiger partial charge in [0.25, 0.3) is 11.7 Å². The topological polar surface area (TPSA) is 70.1 Å². The molecule has 4 rings (SSSR count). The number of aliphatic hydroxyl groups is 1. The van der Waals surface area contributed by atoms with E-state index in [0.717, 1.165) is 16.8 Å². The first kappa shape index (κ1) is 24.1. The van der Waals surface area contributed by atoms with E-state index in [2.05, 4.69) is 0 Å². The van der Waals surface area contributed by atoms with Crippen LogP contribution in [0.2, 0.25) is 0 Å². The van der Waals surface area contributed by atoms with Gasteiger partial charge in [-0.1, -0.05) is 42.5 Å². The van der Waals surface area contributed by atoms with Gasteiger partial charge in [-0.05, 0) is 62.2 Å². The highest BCUT2D eigenvalue weighted by Gasteiger charge is 2.47. The van der Waals surface area contributed by atoms with E-state index in [9.17, 15) is 14.7 Å². The minimum Gasteiger partial charge on any atom is -0.507 e. The van der Waals surface area contributed by atoms with Crippen LogP contribution in [-0.2, 0) is 9.59 Å². The molecule has 180 valence electrons. The van der Waals surface area contributed by atoms with E-state index < -0.39 is 17.7 Å². The van der Waals surface area contributed by atoms with Gasteiger partial charge in [-0.3, -0.25) is 14.5 Å². The van der Waals surface area contributed by atoms with Crippen molar-refractivity contribution in [3.05, 3.63) is 95.1 Å². The quantitative estimate of drug-likeness (QED) is 0.294. The van der Waals surface area contributed by atoms with Gasteiger partial charge in [0, 0.05) is 31.0 Å². The summed E-state index contributed by atoms with van der Waals surface area (Å²) in [6, 6.07) is 21.2. The van der Waals surface area contributed by atoms with Crippen LogP contribution >= 0.6 is 0 Å². The second kappa shape index (κ2) is 9.66. The fraction of sp³-hybridized carbons (Fsp3) is 0.241. The Bertz CT molecular complexity index is 1290. The van der Waals surface area contributed by atoms with E-state index in [4.69, 9.17) is 4.74 Å². The van der Waals surface area contributed by atoms with Crippen LogP contribution in [0.15, 0.2) is 78.4 Å². The molecule has 1 atom stereocenters. The van der Waals surface area contributed by atoms with Crippen LogP contribution in [0.3, 0.4) is 0 Å². The Balaban J connectivity index is 1.91. The molecule has 1 fully saturated rings. The molecule has 1 aliphatic heterocycles. The summed E-state index contributed by atoms with van der Waals surface area (Å²) in [6.07, 6.45) is -0.0470. The number of para-hydroxylation sites is 1. The van der Waals surface area contributed by atoms with Crippen molar-refractivity contribution in [3.8, 4) is 5.75 Å². The first-order valence-electron chi connectivity index (χ1n) is 11.6. The van der Waals surface area contributed by atoms with Gasteiger partial charge >= 0.3 is 0 Å². The fourth-order valence-corrected chi connectivity index (χ4v) is 4.33. The SMILES string of the molecule is Cc1ccccc1N1C(=O)C(=O)/C(=C(\O)c2cccc(OC(C)C)c2)C1c1ccc(N(C)C)cc1. The van der Waals surface area contributed by atoms with E-state index in [-0.39, 0.29) is 17.4 Å². The van der Waals surface area contributed by atoms with Crippen LogP contribution in [0.4, 0.5) is 11.4 Å². The van der Waals surface area contributed by atoms with E-state index in [1.54, 1.807) is 24.3 Å². The summed E-state index contributed by atoms with van der Waals surface area (Å²) in [5, 5.41) is 11.4. The molecule has 3 aromatic rings. The predicted octanol–water partition coefficient (Wildman–Crippen LogP) is 5.47. The number of hydrogen-bond donors (Lipinski definition) is 1.